The minimum atomic E-state index is -1.10. The number of halogens is 1. The lowest BCUT2D eigenvalue weighted by molar-refractivity contribution is -0.135. The van der Waals surface area contributed by atoms with Crippen molar-refractivity contribution < 1.29 is 14.7 Å². The average Bonchev–Trinajstić information content (AvgIpc) is 2.46. The molecule has 0 unspecified atom stereocenters. The fourth-order valence-electron chi connectivity index (χ4n) is 1.82. The molecule has 0 bridgehead atoms. The molecule has 0 aliphatic carbocycles. The smallest absolute Gasteiger partial charge is 0.323 e. The van der Waals surface area contributed by atoms with E-state index in [1.54, 1.807) is 48.5 Å². The summed E-state index contributed by atoms with van der Waals surface area (Å²) in [5.41, 5.74) is 6.96. The molecule has 108 valence electrons. The minimum Gasteiger partial charge on any atom is -0.480 e. The molecule has 1 amide bonds. The van der Waals surface area contributed by atoms with E-state index in [0.29, 0.717) is 22.0 Å². The Bertz CT molecular complexity index is 654. The molecule has 2 aromatic rings. The Morgan fingerprint density at radius 1 is 1.05 bits per heavy atom. The second-order valence-electron chi connectivity index (χ2n) is 4.38. The van der Waals surface area contributed by atoms with Crippen LogP contribution in [0, 0.1) is 0 Å². The van der Waals surface area contributed by atoms with Crippen molar-refractivity contribution >= 4 is 34.9 Å². The molecule has 21 heavy (non-hydrogen) atoms. The molecule has 0 heterocycles. The van der Waals surface area contributed by atoms with Gasteiger partial charge in [-0.15, -0.1) is 0 Å². The van der Waals surface area contributed by atoms with E-state index in [-0.39, 0.29) is 0 Å². The van der Waals surface area contributed by atoms with Crippen LogP contribution in [0.15, 0.2) is 48.5 Å². The lowest BCUT2D eigenvalue weighted by Gasteiger charge is -2.21. The maximum Gasteiger partial charge on any atom is 0.323 e. The van der Waals surface area contributed by atoms with E-state index in [9.17, 15) is 9.59 Å². The Hall–Kier alpha value is -2.53. The number of carboxylic acid groups (broad SMARTS) is 1. The van der Waals surface area contributed by atoms with Gasteiger partial charge in [0.2, 0.25) is 0 Å². The summed E-state index contributed by atoms with van der Waals surface area (Å²) in [4.78, 5) is 24.6. The number of hydrogen-bond donors (Lipinski definition) is 2. The molecule has 0 fully saturated rings. The zero-order valence-corrected chi connectivity index (χ0v) is 11.7. The Morgan fingerprint density at radius 2 is 1.62 bits per heavy atom. The van der Waals surface area contributed by atoms with E-state index in [2.05, 4.69) is 0 Å². The van der Waals surface area contributed by atoms with Crippen molar-refractivity contribution in [2.24, 2.45) is 0 Å². The van der Waals surface area contributed by atoms with Gasteiger partial charge in [-0.25, -0.2) is 0 Å². The van der Waals surface area contributed by atoms with E-state index >= 15 is 0 Å². The van der Waals surface area contributed by atoms with Crippen LogP contribution in [0.3, 0.4) is 0 Å². The highest BCUT2D eigenvalue weighted by molar-refractivity contribution is 6.30. The highest BCUT2D eigenvalue weighted by Crippen LogP contribution is 2.20. The van der Waals surface area contributed by atoms with Gasteiger partial charge >= 0.3 is 5.97 Å². The van der Waals surface area contributed by atoms with Gasteiger partial charge in [0.15, 0.2) is 0 Å². The number of carbonyl (C=O) groups excluding carboxylic acids is 1. The normalized spacial score (nSPS) is 10.1. The largest absolute Gasteiger partial charge is 0.480 e. The fourth-order valence-corrected chi connectivity index (χ4v) is 1.94. The predicted molar refractivity (Wildman–Crippen MR) is 81.6 cm³/mol. The Kier molecular flexibility index (Phi) is 4.45. The first kappa shape index (κ1) is 14.9. The Labute approximate surface area is 126 Å². The maximum atomic E-state index is 12.5. The summed E-state index contributed by atoms with van der Waals surface area (Å²) >= 11 is 5.78. The number of carbonyl (C=O) groups is 2. The number of nitrogen functional groups attached to an aromatic ring is 1. The van der Waals surface area contributed by atoms with Gasteiger partial charge in [-0.05, 0) is 48.5 Å². The minimum absolute atomic E-state index is 0.359. The first-order chi connectivity index (χ1) is 9.97. The molecular weight excluding hydrogens is 292 g/mol. The van der Waals surface area contributed by atoms with Gasteiger partial charge in [-0.1, -0.05) is 11.6 Å². The summed E-state index contributed by atoms with van der Waals surface area (Å²) in [6.45, 7) is -0.439. The quantitative estimate of drug-likeness (QED) is 0.851. The van der Waals surface area contributed by atoms with Crippen LogP contribution in [0.4, 0.5) is 11.4 Å². The third-order valence-corrected chi connectivity index (χ3v) is 3.09. The highest BCUT2D eigenvalue weighted by atomic mass is 35.5. The summed E-state index contributed by atoms with van der Waals surface area (Å²) in [6, 6.07) is 12.7. The van der Waals surface area contributed by atoms with E-state index in [0.717, 1.165) is 0 Å². The molecule has 0 atom stereocenters. The fraction of sp³-hybridized carbons (Fsp3) is 0.0667. The van der Waals surface area contributed by atoms with Crippen LogP contribution in [0.2, 0.25) is 5.02 Å². The van der Waals surface area contributed by atoms with Crippen molar-refractivity contribution in [3.05, 3.63) is 59.1 Å². The molecule has 2 rings (SSSR count). The van der Waals surface area contributed by atoms with Gasteiger partial charge in [0.1, 0.15) is 6.54 Å². The van der Waals surface area contributed by atoms with Gasteiger partial charge in [0.05, 0.1) is 0 Å². The van der Waals surface area contributed by atoms with Crippen molar-refractivity contribution in [1.82, 2.24) is 0 Å². The van der Waals surface area contributed by atoms with Crippen LogP contribution < -0.4 is 10.6 Å². The monoisotopic (exact) mass is 304 g/mol. The third-order valence-electron chi connectivity index (χ3n) is 2.83. The van der Waals surface area contributed by atoms with Gasteiger partial charge in [-0.2, -0.15) is 0 Å². The molecule has 3 N–H and O–H groups in total. The number of rotatable bonds is 4. The van der Waals surface area contributed by atoms with Crippen molar-refractivity contribution in [3.63, 3.8) is 0 Å². The topological polar surface area (TPSA) is 83.6 Å². The van der Waals surface area contributed by atoms with Gasteiger partial charge < -0.3 is 10.8 Å². The lowest BCUT2D eigenvalue weighted by Crippen LogP contribution is -2.35. The standard InChI is InChI=1S/C15H13ClN2O3/c16-11-3-1-10(2-4-11)15(21)18(9-14(19)20)13-7-5-12(17)6-8-13/h1-8H,9,17H2,(H,19,20). The molecule has 6 heteroatoms. The summed E-state index contributed by atoms with van der Waals surface area (Å²) in [5, 5.41) is 9.50. The van der Waals surface area contributed by atoms with E-state index in [1.807, 2.05) is 0 Å². The highest BCUT2D eigenvalue weighted by Gasteiger charge is 2.20. The van der Waals surface area contributed by atoms with Gasteiger partial charge in [-0.3, -0.25) is 14.5 Å². The molecule has 0 aromatic heterocycles. The molecular formula is C15H13ClN2O3. The molecule has 0 spiro atoms. The number of carboxylic acids is 1. The van der Waals surface area contributed by atoms with Crippen molar-refractivity contribution in [2.75, 3.05) is 17.2 Å². The third kappa shape index (κ3) is 3.73. The summed E-state index contributed by atoms with van der Waals surface area (Å²) < 4.78 is 0. The van der Waals surface area contributed by atoms with E-state index in [1.165, 1.54) is 4.90 Å². The molecule has 2 aromatic carbocycles. The zero-order valence-electron chi connectivity index (χ0n) is 11.0. The number of hydrogen-bond acceptors (Lipinski definition) is 3. The van der Waals surface area contributed by atoms with Crippen molar-refractivity contribution in [1.29, 1.82) is 0 Å². The second-order valence-corrected chi connectivity index (χ2v) is 4.82. The Morgan fingerprint density at radius 3 is 2.14 bits per heavy atom. The van der Waals surface area contributed by atoms with Crippen LogP contribution >= 0.6 is 11.6 Å². The average molecular weight is 305 g/mol. The molecule has 0 aliphatic heterocycles. The number of nitrogens with two attached hydrogens (primary N) is 1. The first-order valence-corrected chi connectivity index (χ1v) is 6.50. The first-order valence-electron chi connectivity index (χ1n) is 6.12. The van der Waals surface area contributed by atoms with Crippen LogP contribution in [0.5, 0.6) is 0 Å². The summed E-state index contributed by atoms with van der Waals surface area (Å²) in [7, 11) is 0. The van der Waals surface area contributed by atoms with Crippen LogP contribution in [0.25, 0.3) is 0 Å². The molecule has 5 nitrogen and oxygen atoms in total. The van der Waals surface area contributed by atoms with E-state index in [4.69, 9.17) is 22.4 Å². The van der Waals surface area contributed by atoms with Crippen LogP contribution in [-0.2, 0) is 4.79 Å². The second kappa shape index (κ2) is 6.28. The van der Waals surface area contributed by atoms with Crippen LogP contribution in [0.1, 0.15) is 10.4 Å². The predicted octanol–water partition coefficient (Wildman–Crippen LogP) is 2.65. The summed E-state index contributed by atoms with van der Waals surface area (Å²) in [6.07, 6.45) is 0. The molecule has 0 aliphatic rings. The van der Waals surface area contributed by atoms with Gasteiger partial charge in [0.25, 0.3) is 5.91 Å². The molecule has 0 saturated heterocycles. The van der Waals surface area contributed by atoms with Gasteiger partial charge in [0, 0.05) is 22.0 Å². The summed E-state index contributed by atoms with van der Waals surface area (Å²) in [5.74, 6) is -1.52. The molecule has 0 radical (unpaired) electrons. The van der Waals surface area contributed by atoms with Crippen molar-refractivity contribution in [2.45, 2.75) is 0 Å². The molecule has 0 saturated carbocycles. The number of aliphatic carboxylic acids is 1. The Balaban J connectivity index is 2.35. The number of anilines is 2. The number of nitrogens with zero attached hydrogens (tertiary/aromatic N) is 1. The van der Waals surface area contributed by atoms with Crippen molar-refractivity contribution in [3.8, 4) is 0 Å². The lowest BCUT2D eigenvalue weighted by atomic mass is 10.1. The van der Waals surface area contributed by atoms with Crippen LogP contribution in [-0.4, -0.2) is 23.5 Å². The number of benzene rings is 2. The maximum absolute atomic E-state index is 12.5. The SMILES string of the molecule is Nc1ccc(N(CC(=O)O)C(=O)c2ccc(Cl)cc2)cc1. The zero-order chi connectivity index (χ0) is 15.4. The number of amides is 1. The van der Waals surface area contributed by atoms with E-state index < -0.39 is 18.4 Å².